The summed E-state index contributed by atoms with van der Waals surface area (Å²) in [6, 6.07) is 10.6. The molecule has 0 aliphatic rings. The topological polar surface area (TPSA) is 31.9 Å². The first-order valence-corrected chi connectivity index (χ1v) is 6.05. The lowest BCUT2D eigenvalue weighted by atomic mass is 10.2. The second kappa shape index (κ2) is 6.21. The number of nitrogens with one attached hydrogen (secondary N) is 1. The van der Waals surface area contributed by atoms with Crippen molar-refractivity contribution in [2.45, 2.75) is 19.4 Å². The lowest BCUT2D eigenvalue weighted by Crippen LogP contribution is -2.19. The predicted molar refractivity (Wildman–Crippen MR) is 69.7 cm³/mol. The molecule has 0 aliphatic heterocycles. The SMILES string of the molecule is CN(CCCc1ncc[nH]1)Cc1ccccc1. The zero-order chi connectivity index (χ0) is 11.9. The molecule has 90 valence electrons. The average molecular weight is 229 g/mol. The minimum atomic E-state index is 1.01. The Labute approximate surface area is 103 Å². The number of aryl methyl sites for hydroxylation is 1. The molecule has 0 aliphatic carbocycles. The highest BCUT2D eigenvalue weighted by atomic mass is 15.1. The van der Waals surface area contributed by atoms with Crippen LogP contribution in [0.4, 0.5) is 0 Å². The number of aromatic amines is 1. The Kier molecular flexibility index (Phi) is 4.33. The van der Waals surface area contributed by atoms with Crippen LogP contribution in [0.1, 0.15) is 17.8 Å². The van der Waals surface area contributed by atoms with Crippen molar-refractivity contribution in [2.75, 3.05) is 13.6 Å². The predicted octanol–water partition coefficient (Wildman–Crippen LogP) is 2.47. The first-order valence-electron chi connectivity index (χ1n) is 6.05. The Balaban J connectivity index is 1.69. The van der Waals surface area contributed by atoms with Crippen molar-refractivity contribution in [1.29, 1.82) is 0 Å². The third kappa shape index (κ3) is 4.04. The van der Waals surface area contributed by atoms with E-state index in [-0.39, 0.29) is 0 Å². The fourth-order valence-corrected chi connectivity index (χ4v) is 1.93. The van der Waals surface area contributed by atoms with E-state index in [1.165, 1.54) is 5.56 Å². The molecule has 0 atom stereocenters. The number of H-pyrrole nitrogens is 1. The van der Waals surface area contributed by atoms with Gasteiger partial charge < -0.3 is 9.88 Å². The van der Waals surface area contributed by atoms with Gasteiger partial charge in [0.25, 0.3) is 0 Å². The van der Waals surface area contributed by atoms with Gasteiger partial charge >= 0.3 is 0 Å². The third-order valence-corrected chi connectivity index (χ3v) is 2.80. The molecule has 3 heteroatoms. The van der Waals surface area contributed by atoms with E-state index in [1.54, 1.807) is 0 Å². The van der Waals surface area contributed by atoms with Gasteiger partial charge in [-0.1, -0.05) is 30.3 Å². The van der Waals surface area contributed by atoms with Crippen molar-refractivity contribution < 1.29 is 0 Å². The maximum absolute atomic E-state index is 4.22. The van der Waals surface area contributed by atoms with Crippen LogP contribution in [0.3, 0.4) is 0 Å². The summed E-state index contributed by atoms with van der Waals surface area (Å²) in [4.78, 5) is 9.70. The number of rotatable bonds is 6. The highest BCUT2D eigenvalue weighted by Gasteiger charge is 2.01. The van der Waals surface area contributed by atoms with E-state index < -0.39 is 0 Å². The van der Waals surface area contributed by atoms with E-state index >= 15 is 0 Å². The standard InChI is InChI=1S/C14H19N3/c1-17(12-13-6-3-2-4-7-13)11-5-8-14-15-9-10-16-14/h2-4,6-7,9-10H,5,8,11-12H2,1H3,(H,15,16). The van der Waals surface area contributed by atoms with E-state index in [0.29, 0.717) is 0 Å². The van der Waals surface area contributed by atoms with E-state index in [9.17, 15) is 0 Å². The molecular formula is C14H19N3. The molecule has 1 aromatic carbocycles. The van der Waals surface area contributed by atoms with Gasteiger partial charge in [0.1, 0.15) is 5.82 Å². The van der Waals surface area contributed by atoms with E-state index in [4.69, 9.17) is 0 Å². The Morgan fingerprint density at radius 3 is 2.76 bits per heavy atom. The van der Waals surface area contributed by atoms with E-state index in [0.717, 1.165) is 31.8 Å². The molecule has 0 radical (unpaired) electrons. The van der Waals surface area contributed by atoms with Gasteiger partial charge in [-0.15, -0.1) is 0 Å². The molecule has 0 bridgehead atoms. The van der Waals surface area contributed by atoms with E-state index in [1.807, 2.05) is 12.4 Å². The highest BCUT2D eigenvalue weighted by molar-refractivity contribution is 5.14. The van der Waals surface area contributed by atoms with Crippen molar-refractivity contribution in [1.82, 2.24) is 14.9 Å². The number of benzene rings is 1. The summed E-state index contributed by atoms with van der Waals surface area (Å²) in [5, 5.41) is 0. The van der Waals surface area contributed by atoms with Crippen LogP contribution in [0.25, 0.3) is 0 Å². The fraction of sp³-hybridized carbons (Fsp3) is 0.357. The van der Waals surface area contributed by atoms with Crippen LogP contribution in [-0.4, -0.2) is 28.5 Å². The highest BCUT2D eigenvalue weighted by Crippen LogP contribution is 2.04. The van der Waals surface area contributed by atoms with Crippen molar-refractivity contribution in [2.24, 2.45) is 0 Å². The first kappa shape index (κ1) is 11.9. The van der Waals surface area contributed by atoms with Crippen molar-refractivity contribution in [3.8, 4) is 0 Å². The lowest BCUT2D eigenvalue weighted by Gasteiger charge is -2.16. The van der Waals surface area contributed by atoms with Gasteiger partial charge in [0.2, 0.25) is 0 Å². The van der Waals surface area contributed by atoms with Crippen molar-refractivity contribution in [3.05, 3.63) is 54.1 Å². The van der Waals surface area contributed by atoms with Gasteiger partial charge in [0.15, 0.2) is 0 Å². The monoisotopic (exact) mass is 229 g/mol. The lowest BCUT2D eigenvalue weighted by molar-refractivity contribution is 0.321. The molecule has 1 N–H and O–H groups in total. The molecular weight excluding hydrogens is 210 g/mol. The average Bonchev–Trinajstić information content (AvgIpc) is 2.83. The molecule has 0 amide bonds. The van der Waals surface area contributed by atoms with Gasteiger partial charge in [-0.3, -0.25) is 0 Å². The summed E-state index contributed by atoms with van der Waals surface area (Å²) >= 11 is 0. The normalized spacial score (nSPS) is 10.9. The van der Waals surface area contributed by atoms with Crippen LogP contribution in [0.15, 0.2) is 42.7 Å². The van der Waals surface area contributed by atoms with Crippen LogP contribution in [0.5, 0.6) is 0 Å². The molecule has 17 heavy (non-hydrogen) atoms. The summed E-state index contributed by atoms with van der Waals surface area (Å²) in [5.74, 6) is 1.08. The maximum atomic E-state index is 4.22. The quantitative estimate of drug-likeness (QED) is 0.825. The zero-order valence-electron chi connectivity index (χ0n) is 10.3. The van der Waals surface area contributed by atoms with E-state index in [2.05, 4.69) is 52.2 Å². The maximum Gasteiger partial charge on any atom is 0.106 e. The van der Waals surface area contributed by atoms with Gasteiger partial charge in [-0.25, -0.2) is 4.98 Å². The second-order valence-corrected chi connectivity index (χ2v) is 4.36. The Hall–Kier alpha value is -1.61. The molecule has 0 saturated carbocycles. The van der Waals surface area contributed by atoms with Crippen molar-refractivity contribution >= 4 is 0 Å². The summed E-state index contributed by atoms with van der Waals surface area (Å²) in [5.41, 5.74) is 1.37. The van der Waals surface area contributed by atoms with Gasteiger partial charge in [0, 0.05) is 25.4 Å². The van der Waals surface area contributed by atoms with Crippen LogP contribution in [0.2, 0.25) is 0 Å². The molecule has 0 unspecified atom stereocenters. The number of aromatic nitrogens is 2. The summed E-state index contributed by atoms with van der Waals surface area (Å²) in [6.07, 6.45) is 5.84. The number of imidazole rings is 1. The number of nitrogens with zero attached hydrogens (tertiary/aromatic N) is 2. The Bertz CT molecular complexity index is 408. The van der Waals surface area contributed by atoms with Crippen LogP contribution in [0, 0.1) is 0 Å². The summed E-state index contributed by atoms with van der Waals surface area (Å²) in [7, 11) is 2.16. The third-order valence-electron chi connectivity index (χ3n) is 2.80. The second-order valence-electron chi connectivity index (χ2n) is 4.36. The van der Waals surface area contributed by atoms with Gasteiger partial charge in [-0.2, -0.15) is 0 Å². The molecule has 0 saturated heterocycles. The Morgan fingerprint density at radius 2 is 2.06 bits per heavy atom. The van der Waals surface area contributed by atoms with Crippen LogP contribution in [-0.2, 0) is 13.0 Å². The van der Waals surface area contributed by atoms with Gasteiger partial charge in [-0.05, 0) is 25.6 Å². The molecule has 1 heterocycles. The van der Waals surface area contributed by atoms with Gasteiger partial charge in [0.05, 0.1) is 0 Å². The zero-order valence-corrected chi connectivity index (χ0v) is 10.3. The Morgan fingerprint density at radius 1 is 1.24 bits per heavy atom. The molecule has 3 nitrogen and oxygen atoms in total. The van der Waals surface area contributed by atoms with Crippen LogP contribution < -0.4 is 0 Å². The molecule has 2 aromatic rings. The molecule has 0 spiro atoms. The smallest absolute Gasteiger partial charge is 0.106 e. The number of hydrogen-bond donors (Lipinski definition) is 1. The largest absolute Gasteiger partial charge is 0.349 e. The van der Waals surface area contributed by atoms with Crippen LogP contribution >= 0.6 is 0 Å². The minimum Gasteiger partial charge on any atom is -0.349 e. The minimum absolute atomic E-state index is 1.01. The molecule has 1 aromatic heterocycles. The van der Waals surface area contributed by atoms with Crippen molar-refractivity contribution in [3.63, 3.8) is 0 Å². The summed E-state index contributed by atoms with van der Waals surface area (Å²) in [6.45, 7) is 2.11. The molecule has 0 fully saturated rings. The first-order chi connectivity index (χ1) is 8.34. The molecule has 2 rings (SSSR count). The fourth-order valence-electron chi connectivity index (χ4n) is 1.93. The number of hydrogen-bond acceptors (Lipinski definition) is 2. The summed E-state index contributed by atoms with van der Waals surface area (Å²) < 4.78 is 0.